The van der Waals surface area contributed by atoms with E-state index in [9.17, 15) is 9.90 Å². The third-order valence-electron chi connectivity index (χ3n) is 4.33. The average Bonchev–Trinajstić information content (AvgIpc) is 2.46. The molecule has 0 bridgehead atoms. The summed E-state index contributed by atoms with van der Waals surface area (Å²) in [4.78, 5) is 11.7. The smallest absolute Gasteiger partial charge is 0.333 e. The van der Waals surface area contributed by atoms with Gasteiger partial charge >= 0.3 is 5.97 Å². The Kier molecular flexibility index (Phi) is 8.83. The fraction of sp³-hybridized carbons (Fsp3) is 0.824. The predicted molar refractivity (Wildman–Crippen MR) is 85.2 cm³/mol. The van der Waals surface area contributed by atoms with Crippen LogP contribution in [0.4, 0.5) is 0 Å². The third kappa shape index (κ3) is 6.62. The third-order valence-corrected chi connectivity index (χ3v) is 4.33. The Morgan fingerprint density at radius 2 is 1.71 bits per heavy atom. The lowest BCUT2D eigenvalue weighted by atomic mass is 9.93. The van der Waals surface area contributed by atoms with Gasteiger partial charge in [-0.2, -0.15) is 0 Å². The first-order valence-electron chi connectivity index (χ1n) is 7.91. The molecule has 0 amide bonds. The lowest BCUT2D eigenvalue weighted by Crippen LogP contribution is -2.37. The minimum atomic E-state index is -0.539. The summed E-state index contributed by atoms with van der Waals surface area (Å²) < 4.78 is 11.6. The van der Waals surface area contributed by atoms with E-state index in [-0.39, 0.29) is 18.2 Å². The van der Waals surface area contributed by atoms with Crippen LogP contribution >= 0.6 is 0 Å². The number of carbonyl (C=O) groups is 1. The first-order valence-corrected chi connectivity index (χ1v) is 7.91. The zero-order valence-electron chi connectivity index (χ0n) is 14.3. The first kappa shape index (κ1) is 20.1. The van der Waals surface area contributed by atoms with Crippen LogP contribution in [0.15, 0.2) is 12.2 Å². The Balaban J connectivity index is 4.57. The number of ether oxygens (including phenoxy) is 2. The van der Waals surface area contributed by atoms with Gasteiger partial charge in [0.1, 0.15) is 5.60 Å². The molecule has 0 aromatic rings. The number of esters is 1. The second-order valence-corrected chi connectivity index (χ2v) is 5.94. The quantitative estimate of drug-likeness (QED) is 0.468. The number of rotatable bonds is 11. The molecule has 0 radical (unpaired) electrons. The van der Waals surface area contributed by atoms with Crippen LogP contribution in [0.1, 0.15) is 66.7 Å². The van der Waals surface area contributed by atoms with E-state index in [1.807, 2.05) is 13.8 Å². The number of hydrogen-bond donors (Lipinski definition) is 1. The van der Waals surface area contributed by atoms with Crippen molar-refractivity contribution < 1.29 is 19.4 Å². The van der Waals surface area contributed by atoms with Gasteiger partial charge in [0.05, 0.1) is 12.2 Å². The molecule has 4 heteroatoms. The topological polar surface area (TPSA) is 55.8 Å². The summed E-state index contributed by atoms with van der Waals surface area (Å²) in [6.45, 7) is 13.9. The Labute approximate surface area is 129 Å². The molecule has 21 heavy (non-hydrogen) atoms. The van der Waals surface area contributed by atoms with Crippen LogP contribution in [0.3, 0.4) is 0 Å². The summed E-state index contributed by atoms with van der Waals surface area (Å²) in [6.07, 6.45) is 3.71. The summed E-state index contributed by atoms with van der Waals surface area (Å²) in [6, 6.07) is 0. The van der Waals surface area contributed by atoms with Crippen molar-refractivity contribution >= 4 is 5.97 Å². The van der Waals surface area contributed by atoms with E-state index in [2.05, 4.69) is 20.4 Å². The molecule has 0 heterocycles. The Bertz CT molecular complexity index is 334. The summed E-state index contributed by atoms with van der Waals surface area (Å²) in [5.74, 6) is -0.355. The van der Waals surface area contributed by atoms with Crippen molar-refractivity contribution in [2.24, 2.45) is 0 Å². The molecule has 0 saturated carbocycles. The summed E-state index contributed by atoms with van der Waals surface area (Å²) in [5, 5.41) is 9.19. The Morgan fingerprint density at radius 3 is 2.10 bits per heavy atom. The molecule has 0 aromatic carbocycles. The van der Waals surface area contributed by atoms with Gasteiger partial charge in [-0.15, -0.1) is 0 Å². The van der Waals surface area contributed by atoms with Gasteiger partial charge in [-0.05, 0) is 39.5 Å². The highest BCUT2D eigenvalue weighted by Gasteiger charge is 2.30. The molecule has 0 spiro atoms. The highest BCUT2D eigenvalue weighted by Crippen LogP contribution is 2.27. The molecule has 1 unspecified atom stereocenters. The molecule has 0 saturated heterocycles. The van der Waals surface area contributed by atoms with E-state index in [0.717, 1.165) is 19.3 Å². The van der Waals surface area contributed by atoms with Crippen molar-refractivity contribution in [1.29, 1.82) is 0 Å². The van der Waals surface area contributed by atoms with Gasteiger partial charge in [0.2, 0.25) is 0 Å². The van der Waals surface area contributed by atoms with Crippen LogP contribution in [0.5, 0.6) is 0 Å². The van der Waals surface area contributed by atoms with Crippen LogP contribution in [-0.2, 0) is 14.3 Å². The molecule has 4 nitrogen and oxygen atoms in total. The second-order valence-electron chi connectivity index (χ2n) is 5.94. The fourth-order valence-electron chi connectivity index (χ4n) is 2.18. The van der Waals surface area contributed by atoms with Crippen LogP contribution in [-0.4, -0.2) is 35.5 Å². The molecule has 0 fully saturated rings. The van der Waals surface area contributed by atoms with Gasteiger partial charge in [-0.1, -0.05) is 27.4 Å². The minimum absolute atomic E-state index is 0.122. The largest absolute Gasteiger partial charge is 0.456 e. The molecule has 1 N–H and O–H groups in total. The molecule has 0 aliphatic rings. The van der Waals surface area contributed by atoms with Gasteiger partial charge in [0.15, 0.2) is 0 Å². The first-order chi connectivity index (χ1) is 9.78. The molecule has 0 aliphatic heterocycles. The molecular formula is C17H32O4. The van der Waals surface area contributed by atoms with Gasteiger partial charge in [-0.3, -0.25) is 0 Å². The van der Waals surface area contributed by atoms with Crippen LogP contribution in [0.2, 0.25) is 0 Å². The van der Waals surface area contributed by atoms with Crippen molar-refractivity contribution in [3.63, 3.8) is 0 Å². The molecular weight excluding hydrogens is 268 g/mol. The van der Waals surface area contributed by atoms with Crippen LogP contribution in [0, 0.1) is 0 Å². The molecule has 1 atom stereocenters. The highest BCUT2D eigenvalue weighted by molar-refractivity contribution is 5.87. The van der Waals surface area contributed by atoms with E-state index in [1.54, 1.807) is 6.92 Å². The fourth-order valence-corrected chi connectivity index (χ4v) is 2.18. The van der Waals surface area contributed by atoms with Crippen molar-refractivity contribution in [2.45, 2.75) is 77.9 Å². The number of carbonyl (C=O) groups excluding carboxylic acids is 1. The monoisotopic (exact) mass is 300 g/mol. The maximum atomic E-state index is 11.7. The highest BCUT2D eigenvalue weighted by atomic mass is 16.6. The van der Waals surface area contributed by atoms with Crippen molar-refractivity contribution in [2.75, 3.05) is 13.2 Å². The predicted octanol–water partition coefficient (Wildman–Crippen LogP) is 3.62. The lowest BCUT2D eigenvalue weighted by Gasteiger charge is -2.34. The summed E-state index contributed by atoms with van der Waals surface area (Å²) >= 11 is 0. The zero-order chi connectivity index (χ0) is 16.5. The van der Waals surface area contributed by atoms with Crippen molar-refractivity contribution in [3.05, 3.63) is 12.2 Å². The minimum Gasteiger partial charge on any atom is -0.456 e. The SMILES string of the molecule is C=C(C)C(=O)OC(C)(CC)CCOC(CC)(CC)CCO. The Morgan fingerprint density at radius 1 is 1.14 bits per heavy atom. The maximum Gasteiger partial charge on any atom is 0.333 e. The van der Waals surface area contributed by atoms with Gasteiger partial charge in [0, 0.05) is 18.6 Å². The summed E-state index contributed by atoms with van der Waals surface area (Å²) in [5.41, 5.74) is -0.406. The summed E-state index contributed by atoms with van der Waals surface area (Å²) in [7, 11) is 0. The van der Waals surface area contributed by atoms with E-state index in [4.69, 9.17) is 9.47 Å². The van der Waals surface area contributed by atoms with Crippen LogP contribution < -0.4 is 0 Å². The average molecular weight is 300 g/mol. The standard InChI is InChI=1S/C17H32O4/c1-7-16(6,21-15(19)14(4)5)11-13-20-17(8-2,9-3)10-12-18/h18H,4,7-13H2,1-3,5-6H3. The Hall–Kier alpha value is -0.870. The molecule has 0 aliphatic carbocycles. The van der Waals surface area contributed by atoms with Gasteiger partial charge in [0.25, 0.3) is 0 Å². The van der Waals surface area contributed by atoms with Gasteiger partial charge < -0.3 is 14.6 Å². The second kappa shape index (κ2) is 9.21. The number of aliphatic hydroxyl groups is 1. The molecule has 124 valence electrons. The number of hydrogen-bond acceptors (Lipinski definition) is 4. The normalized spacial score (nSPS) is 14.6. The van der Waals surface area contributed by atoms with Crippen LogP contribution in [0.25, 0.3) is 0 Å². The lowest BCUT2D eigenvalue weighted by molar-refractivity contribution is -0.157. The van der Waals surface area contributed by atoms with E-state index in [1.165, 1.54) is 0 Å². The van der Waals surface area contributed by atoms with E-state index >= 15 is 0 Å². The number of aliphatic hydroxyl groups excluding tert-OH is 1. The molecule has 0 rings (SSSR count). The molecule has 0 aromatic heterocycles. The zero-order valence-corrected chi connectivity index (χ0v) is 14.3. The van der Waals surface area contributed by atoms with Crippen molar-refractivity contribution in [3.8, 4) is 0 Å². The van der Waals surface area contributed by atoms with Crippen molar-refractivity contribution in [1.82, 2.24) is 0 Å². The van der Waals surface area contributed by atoms with E-state index < -0.39 is 5.60 Å². The van der Waals surface area contributed by atoms with Gasteiger partial charge in [-0.25, -0.2) is 4.79 Å². The van der Waals surface area contributed by atoms with E-state index in [0.29, 0.717) is 25.0 Å². The maximum absolute atomic E-state index is 11.7.